The molecule has 0 aromatic rings. The second-order valence-electron chi connectivity index (χ2n) is 5.81. The van der Waals surface area contributed by atoms with E-state index in [1.807, 2.05) is 0 Å². The molecule has 15 heavy (non-hydrogen) atoms. The van der Waals surface area contributed by atoms with Crippen LogP contribution in [0, 0.1) is 11.8 Å². The third-order valence-corrected chi connectivity index (χ3v) is 4.63. The van der Waals surface area contributed by atoms with Crippen LogP contribution in [0.1, 0.15) is 44.9 Å². The molecule has 3 unspecified atom stereocenters. The molecule has 3 fully saturated rings. The second-order valence-corrected chi connectivity index (χ2v) is 5.81. The van der Waals surface area contributed by atoms with Gasteiger partial charge in [-0.3, -0.25) is 4.90 Å². The molecule has 0 radical (unpaired) electrons. The molecule has 0 spiro atoms. The van der Waals surface area contributed by atoms with E-state index in [0.717, 1.165) is 18.4 Å². The SMILES string of the molecule is OC1CCCC1C1CCCN1CC1CC1. The highest BCUT2D eigenvalue weighted by atomic mass is 16.3. The lowest BCUT2D eigenvalue weighted by Crippen LogP contribution is -2.39. The van der Waals surface area contributed by atoms with E-state index in [0.29, 0.717) is 5.92 Å². The van der Waals surface area contributed by atoms with Gasteiger partial charge in [-0.1, -0.05) is 6.42 Å². The Bertz CT molecular complexity index is 227. The van der Waals surface area contributed by atoms with Crippen LogP contribution < -0.4 is 0 Å². The van der Waals surface area contributed by atoms with Gasteiger partial charge in [-0.25, -0.2) is 0 Å². The van der Waals surface area contributed by atoms with Gasteiger partial charge in [0.1, 0.15) is 0 Å². The van der Waals surface area contributed by atoms with Crippen LogP contribution in [0.4, 0.5) is 0 Å². The first-order valence-corrected chi connectivity index (χ1v) is 6.77. The standard InChI is InChI=1S/C13H23NO/c15-13-5-1-3-11(13)12-4-2-8-14(12)9-10-6-7-10/h10-13,15H,1-9H2. The van der Waals surface area contributed by atoms with E-state index in [-0.39, 0.29) is 6.10 Å². The molecule has 0 aromatic heterocycles. The van der Waals surface area contributed by atoms with Crippen LogP contribution >= 0.6 is 0 Å². The molecule has 1 saturated heterocycles. The summed E-state index contributed by atoms with van der Waals surface area (Å²) in [5.41, 5.74) is 0. The number of hydrogen-bond acceptors (Lipinski definition) is 2. The van der Waals surface area contributed by atoms with E-state index in [4.69, 9.17) is 0 Å². The minimum Gasteiger partial charge on any atom is -0.393 e. The summed E-state index contributed by atoms with van der Waals surface area (Å²) < 4.78 is 0. The average Bonchev–Trinajstić information content (AvgIpc) is 2.74. The molecule has 3 rings (SSSR count). The summed E-state index contributed by atoms with van der Waals surface area (Å²) in [6, 6.07) is 0.725. The monoisotopic (exact) mass is 209 g/mol. The summed E-state index contributed by atoms with van der Waals surface area (Å²) >= 11 is 0. The summed E-state index contributed by atoms with van der Waals surface area (Å²) in [4.78, 5) is 2.69. The second kappa shape index (κ2) is 4.06. The molecule has 0 amide bonds. The summed E-state index contributed by atoms with van der Waals surface area (Å²) in [5, 5.41) is 9.99. The Kier molecular flexibility index (Phi) is 2.73. The topological polar surface area (TPSA) is 23.5 Å². The Morgan fingerprint density at radius 1 is 1.00 bits per heavy atom. The van der Waals surface area contributed by atoms with E-state index in [1.165, 1.54) is 51.6 Å². The molecule has 86 valence electrons. The number of aliphatic hydroxyl groups is 1. The molecule has 1 aliphatic heterocycles. The van der Waals surface area contributed by atoms with Crippen molar-refractivity contribution in [2.24, 2.45) is 11.8 Å². The van der Waals surface area contributed by atoms with Crippen molar-refractivity contribution in [2.75, 3.05) is 13.1 Å². The number of aliphatic hydroxyl groups excluding tert-OH is 1. The lowest BCUT2D eigenvalue weighted by atomic mass is 9.94. The maximum absolute atomic E-state index is 9.99. The van der Waals surface area contributed by atoms with E-state index in [2.05, 4.69) is 4.90 Å². The van der Waals surface area contributed by atoms with Gasteiger partial charge in [-0.05, 0) is 51.0 Å². The molecule has 2 nitrogen and oxygen atoms in total. The molecule has 0 bridgehead atoms. The quantitative estimate of drug-likeness (QED) is 0.768. The summed E-state index contributed by atoms with van der Waals surface area (Å²) in [6.45, 7) is 2.62. The van der Waals surface area contributed by atoms with Gasteiger partial charge >= 0.3 is 0 Å². The van der Waals surface area contributed by atoms with Gasteiger partial charge in [0.2, 0.25) is 0 Å². The molecule has 2 saturated carbocycles. The van der Waals surface area contributed by atoms with Crippen molar-refractivity contribution < 1.29 is 5.11 Å². The van der Waals surface area contributed by atoms with E-state index < -0.39 is 0 Å². The zero-order valence-corrected chi connectivity index (χ0v) is 9.57. The zero-order valence-electron chi connectivity index (χ0n) is 9.57. The van der Waals surface area contributed by atoms with E-state index >= 15 is 0 Å². The first-order chi connectivity index (χ1) is 7.34. The maximum atomic E-state index is 9.99. The van der Waals surface area contributed by atoms with Crippen LogP contribution in [0.25, 0.3) is 0 Å². The number of hydrogen-bond donors (Lipinski definition) is 1. The van der Waals surface area contributed by atoms with Gasteiger partial charge < -0.3 is 5.11 Å². The highest BCUT2D eigenvalue weighted by Crippen LogP contribution is 2.38. The molecule has 2 heteroatoms. The van der Waals surface area contributed by atoms with Crippen LogP contribution in [0.15, 0.2) is 0 Å². The summed E-state index contributed by atoms with van der Waals surface area (Å²) in [6.07, 6.45) is 9.20. The predicted molar refractivity (Wildman–Crippen MR) is 60.7 cm³/mol. The smallest absolute Gasteiger partial charge is 0.0583 e. The minimum absolute atomic E-state index is 0.00908. The molecular formula is C13H23NO. The fourth-order valence-electron chi connectivity index (χ4n) is 3.61. The normalized spacial score (nSPS) is 42.6. The summed E-state index contributed by atoms with van der Waals surface area (Å²) in [5.74, 6) is 1.61. The molecule has 1 heterocycles. The van der Waals surface area contributed by atoms with Crippen molar-refractivity contribution >= 4 is 0 Å². The van der Waals surface area contributed by atoms with Crippen molar-refractivity contribution in [3.05, 3.63) is 0 Å². The molecule has 2 aliphatic carbocycles. The van der Waals surface area contributed by atoms with Crippen LogP contribution in [-0.2, 0) is 0 Å². The number of likely N-dealkylation sites (tertiary alicyclic amines) is 1. The molecule has 0 aromatic carbocycles. The summed E-state index contributed by atoms with van der Waals surface area (Å²) in [7, 11) is 0. The van der Waals surface area contributed by atoms with Crippen LogP contribution in [0.2, 0.25) is 0 Å². The Labute approximate surface area is 92.7 Å². The lowest BCUT2D eigenvalue weighted by Gasteiger charge is -2.31. The highest BCUT2D eigenvalue weighted by Gasteiger charge is 2.39. The van der Waals surface area contributed by atoms with Crippen molar-refractivity contribution in [2.45, 2.75) is 57.1 Å². The minimum atomic E-state index is 0.00908. The highest BCUT2D eigenvalue weighted by molar-refractivity contribution is 4.93. The van der Waals surface area contributed by atoms with Gasteiger partial charge in [-0.15, -0.1) is 0 Å². The van der Waals surface area contributed by atoms with Crippen LogP contribution in [0.3, 0.4) is 0 Å². The van der Waals surface area contributed by atoms with Crippen LogP contribution in [-0.4, -0.2) is 35.2 Å². The Hall–Kier alpha value is -0.0800. The average molecular weight is 209 g/mol. The molecule has 3 atom stereocenters. The largest absolute Gasteiger partial charge is 0.393 e. The number of nitrogens with zero attached hydrogens (tertiary/aromatic N) is 1. The third kappa shape index (κ3) is 2.07. The fourth-order valence-corrected chi connectivity index (χ4v) is 3.61. The zero-order chi connectivity index (χ0) is 10.3. The first kappa shape index (κ1) is 10.1. The van der Waals surface area contributed by atoms with Gasteiger partial charge in [0.25, 0.3) is 0 Å². The van der Waals surface area contributed by atoms with Crippen molar-refractivity contribution in [1.82, 2.24) is 4.90 Å². The fraction of sp³-hybridized carbons (Fsp3) is 1.00. The van der Waals surface area contributed by atoms with Gasteiger partial charge in [0.15, 0.2) is 0 Å². The predicted octanol–water partition coefficient (Wildman–Crippen LogP) is 2.02. The Balaban J connectivity index is 1.62. The third-order valence-electron chi connectivity index (χ3n) is 4.63. The van der Waals surface area contributed by atoms with Crippen molar-refractivity contribution in [3.8, 4) is 0 Å². The van der Waals surface area contributed by atoms with Gasteiger partial charge in [0.05, 0.1) is 6.10 Å². The van der Waals surface area contributed by atoms with Crippen LogP contribution in [0.5, 0.6) is 0 Å². The van der Waals surface area contributed by atoms with Crippen molar-refractivity contribution in [1.29, 1.82) is 0 Å². The van der Waals surface area contributed by atoms with E-state index in [9.17, 15) is 5.11 Å². The van der Waals surface area contributed by atoms with E-state index in [1.54, 1.807) is 0 Å². The van der Waals surface area contributed by atoms with Gasteiger partial charge in [0, 0.05) is 18.5 Å². The van der Waals surface area contributed by atoms with Gasteiger partial charge in [-0.2, -0.15) is 0 Å². The number of rotatable bonds is 3. The maximum Gasteiger partial charge on any atom is 0.0583 e. The Morgan fingerprint density at radius 2 is 1.87 bits per heavy atom. The first-order valence-electron chi connectivity index (χ1n) is 6.77. The molecule has 1 N–H and O–H groups in total. The molecule has 3 aliphatic rings. The lowest BCUT2D eigenvalue weighted by molar-refractivity contribution is 0.0729. The molecular weight excluding hydrogens is 186 g/mol. The van der Waals surface area contributed by atoms with Crippen molar-refractivity contribution in [3.63, 3.8) is 0 Å². The Morgan fingerprint density at radius 3 is 2.53 bits per heavy atom.